The molecule has 2 amide bonds. The van der Waals surface area contributed by atoms with Gasteiger partial charge in [0.25, 0.3) is 5.69 Å². The summed E-state index contributed by atoms with van der Waals surface area (Å²) in [5.41, 5.74) is 5.68. The van der Waals surface area contributed by atoms with Crippen LogP contribution >= 0.6 is 11.6 Å². The number of carbonyl (C=O) groups is 2. The van der Waals surface area contributed by atoms with Crippen molar-refractivity contribution >= 4 is 29.1 Å². The van der Waals surface area contributed by atoms with Crippen LogP contribution in [0.5, 0.6) is 0 Å². The van der Waals surface area contributed by atoms with Crippen molar-refractivity contribution in [2.75, 3.05) is 0 Å². The molecule has 22 heavy (non-hydrogen) atoms. The highest BCUT2D eigenvalue weighted by Crippen LogP contribution is 2.26. The Morgan fingerprint density at radius 1 is 1.41 bits per heavy atom. The van der Waals surface area contributed by atoms with Gasteiger partial charge in [-0.2, -0.15) is 0 Å². The van der Waals surface area contributed by atoms with E-state index in [9.17, 15) is 19.7 Å². The molecule has 3 N–H and O–H groups in total. The van der Waals surface area contributed by atoms with E-state index in [-0.39, 0.29) is 35.0 Å². The van der Waals surface area contributed by atoms with Crippen molar-refractivity contribution in [3.05, 3.63) is 38.9 Å². The van der Waals surface area contributed by atoms with Crippen molar-refractivity contribution < 1.29 is 14.5 Å². The molecule has 0 aromatic heterocycles. The second-order valence-electron chi connectivity index (χ2n) is 5.32. The molecule has 2 rings (SSSR count). The zero-order valence-electron chi connectivity index (χ0n) is 11.8. The van der Waals surface area contributed by atoms with Crippen molar-refractivity contribution in [2.45, 2.75) is 31.7 Å². The second kappa shape index (κ2) is 6.74. The monoisotopic (exact) mass is 325 g/mol. The molecule has 8 heteroatoms. The standard InChI is InChI=1S/C14H16ClN3O4/c15-11-7-9(18(21)22)5-4-8(11)6-13(19)17-12-3-1-2-10(12)14(16)20/h4-5,7,10,12H,1-3,6H2,(H2,16,20)(H,17,19)/t10-,12+/m0/s1. The maximum absolute atomic E-state index is 12.1. The molecule has 0 unspecified atom stereocenters. The minimum absolute atomic E-state index is 0.00118. The molecular weight excluding hydrogens is 310 g/mol. The van der Waals surface area contributed by atoms with Gasteiger partial charge in [-0.15, -0.1) is 0 Å². The number of halogens is 1. The number of benzene rings is 1. The summed E-state index contributed by atoms with van der Waals surface area (Å²) >= 11 is 5.95. The third kappa shape index (κ3) is 3.73. The van der Waals surface area contributed by atoms with Crippen LogP contribution in [0.4, 0.5) is 5.69 Å². The molecule has 1 aliphatic carbocycles. The third-order valence-electron chi connectivity index (χ3n) is 3.83. The van der Waals surface area contributed by atoms with Crippen LogP contribution in [0, 0.1) is 16.0 Å². The Bertz CT molecular complexity index is 620. The van der Waals surface area contributed by atoms with Crippen LogP contribution in [0.3, 0.4) is 0 Å². The van der Waals surface area contributed by atoms with Crippen molar-refractivity contribution in [2.24, 2.45) is 11.7 Å². The fourth-order valence-electron chi connectivity index (χ4n) is 2.70. The fourth-order valence-corrected chi connectivity index (χ4v) is 2.94. The number of nitro benzene ring substituents is 1. The molecule has 118 valence electrons. The first-order valence-electron chi connectivity index (χ1n) is 6.90. The summed E-state index contributed by atoms with van der Waals surface area (Å²) in [5.74, 6) is -1.03. The first-order chi connectivity index (χ1) is 10.4. The molecule has 0 spiro atoms. The number of primary amides is 1. The molecular formula is C14H16ClN3O4. The van der Waals surface area contributed by atoms with Crippen molar-refractivity contribution in [3.63, 3.8) is 0 Å². The molecule has 1 aliphatic rings. The van der Waals surface area contributed by atoms with Gasteiger partial charge in [0.05, 0.1) is 22.3 Å². The van der Waals surface area contributed by atoms with Crippen molar-refractivity contribution in [3.8, 4) is 0 Å². The number of hydrogen-bond donors (Lipinski definition) is 2. The van der Waals surface area contributed by atoms with Crippen LogP contribution in [0.25, 0.3) is 0 Å². The molecule has 1 aromatic carbocycles. The third-order valence-corrected chi connectivity index (χ3v) is 4.18. The highest BCUT2D eigenvalue weighted by Gasteiger charge is 2.32. The summed E-state index contributed by atoms with van der Waals surface area (Å²) < 4.78 is 0. The minimum atomic E-state index is -0.550. The Morgan fingerprint density at radius 3 is 2.73 bits per heavy atom. The molecule has 0 heterocycles. The molecule has 1 fully saturated rings. The quantitative estimate of drug-likeness (QED) is 0.631. The van der Waals surface area contributed by atoms with E-state index in [0.717, 1.165) is 6.42 Å². The van der Waals surface area contributed by atoms with E-state index in [1.165, 1.54) is 18.2 Å². The van der Waals surface area contributed by atoms with Crippen LogP contribution in [0.2, 0.25) is 5.02 Å². The molecule has 1 saturated carbocycles. The van der Waals surface area contributed by atoms with Gasteiger partial charge in [-0.25, -0.2) is 0 Å². The predicted octanol–water partition coefficient (Wildman–Crippen LogP) is 1.56. The number of nitrogens with zero attached hydrogens (tertiary/aromatic N) is 1. The normalized spacial score (nSPS) is 20.6. The molecule has 0 radical (unpaired) electrons. The predicted molar refractivity (Wildman–Crippen MR) is 80.3 cm³/mol. The van der Waals surface area contributed by atoms with E-state index in [2.05, 4.69) is 5.32 Å². The number of rotatable bonds is 5. The lowest BCUT2D eigenvalue weighted by Gasteiger charge is -2.18. The van der Waals surface area contributed by atoms with E-state index < -0.39 is 10.8 Å². The van der Waals surface area contributed by atoms with Crippen LogP contribution < -0.4 is 11.1 Å². The van der Waals surface area contributed by atoms with Crippen molar-refractivity contribution in [1.82, 2.24) is 5.32 Å². The van der Waals surface area contributed by atoms with Gasteiger partial charge >= 0.3 is 0 Å². The summed E-state index contributed by atoms with van der Waals surface area (Å²) in [4.78, 5) is 33.4. The zero-order valence-corrected chi connectivity index (χ0v) is 12.5. The van der Waals surface area contributed by atoms with Gasteiger partial charge in [0, 0.05) is 18.2 Å². The molecule has 2 atom stereocenters. The highest BCUT2D eigenvalue weighted by molar-refractivity contribution is 6.31. The Morgan fingerprint density at radius 2 is 2.14 bits per heavy atom. The number of nitrogens with two attached hydrogens (primary N) is 1. The fraction of sp³-hybridized carbons (Fsp3) is 0.429. The molecule has 7 nitrogen and oxygen atoms in total. The van der Waals surface area contributed by atoms with Gasteiger partial charge in [-0.05, 0) is 18.4 Å². The van der Waals surface area contributed by atoms with Gasteiger partial charge in [-0.3, -0.25) is 19.7 Å². The lowest BCUT2D eigenvalue weighted by molar-refractivity contribution is -0.384. The number of hydrogen-bond acceptors (Lipinski definition) is 4. The number of carbonyl (C=O) groups excluding carboxylic acids is 2. The average Bonchev–Trinajstić information content (AvgIpc) is 2.89. The van der Waals surface area contributed by atoms with Gasteiger partial charge in [0.1, 0.15) is 0 Å². The smallest absolute Gasteiger partial charge is 0.270 e. The topological polar surface area (TPSA) is 115 Å². The Balaban J connectivity index is 2.00. The maximum Gasteiger partial charge on any atom is 0.270 e. The van der Waals surface area contributed by atoms with Gasteiger partial charge in [0.15, 0.2) is 0 Å². The lowest BCUT2D eigenvalue weighted by atomic mass is 10.0. The average molecular weight is 326 g/mol. The minimum Gasteiger partial charge on any atom is -0.369 e. The molecule has 0 bridgehead atoms. The summed E-state index contributed by atoms with van der Waals surface area (Å²) in [6.07, 6.45) is 2.24. The van der Waals surface area contributed by atoms with E-state index in [1.54, 1.807) is 0 Å². The van der Waals surface area contributed by atoms with Crippen LogP contribution in [0.15, 0.2) is 18.2 Å². The Labute approximate surface area is 132 Å². The van der Waals surface area contributed by atoms with Gasteiger partial charge in [-0.1, -0.05) is 24.1 Å². The van der Waals surface area contributed by atoms with Gasteiger partial charge in [0.2, 0.25) is 11.8 Å². The van der Waals surface area contributed by atoms with E-state index in [1.807, 2.05) is 0 Å². The highest BCUT2D eigenvalue weighted by atomic mass is 35.5. The number of nitro groups is 1. The SMILES string of the molecule is NC(=O)[C@H]1CCC[C@H]1NC(=O)Cc1ccc([N+](=O)[O-])cc1Cl. The number of non-ortho nitro benzene ring substituents is 1. The summed E-state index contributed by atoms with van der Waals surface area (Å²) in [6.45, 7) is 0. The second-order valence-corrected chi connectivity index (χ2v) is 5.73. The van der Waals surface area contributed by atoms with Crippen LogP contribution in [-0.2, 0) is 16.0 Å². The van der Waals surface area contributed by atoms with E-state index in [4.69, 9.17) is 17.3 Å². The van der Waals surface area contributed by atoms with Crippen LogP contribution in [0.1, 0.15) is 24.8 Å². The van der Waals surface area contributed by atoms with Gasteiger partial charge < -0.3 is 11.1 Å². The first kappa shape index (κ1) is 16.2. The molecule has 1 aromatic rings. The Kier molecular flexibility index (Phi) is 4.97. The maximum atomic E-state index is 12.1. The molecule has 0 aliphatic heterocycles. The largest absolute Gasteiger partial charge is 0.369 e. The van der Waals surface area contributed by atoms with Crippen molar-refractivity contribution in [1.29, 1.82) is 0 Å². The summed E-state index contributed by atoms with van der Waals surface area (Å²) in [6, 6.07) is 3.73. The number of amides is 2. The summed E-state index contributed by atoms with van der Waals surface area (Å²) in [7, 11) is 0. The lowest BCUT2D eigenvalue weighted by Crippen LogP contribution is -2.42. The first-order valence-corrected chi connectivity index (χ1v) is 7.27. The number of nitrogens with one attached hydrogen (secondary N) is 1. The zero-order chi connectivity index (χ0) is 16.3. The van der Waals surface area contributed by atoms with E-state index >= 15 is 0 Å². The van der Waals surface area contributed by atoms with E-state index in [0.29, 0.717) is 18.4 Å². The molecule has 0 saturated heterocycles. The summed E-state index contributed by atoms with van der Waals surface area (Å²) in [5, 5.41) is 13.6. The Hall–Kier alpha value is -2.15. The van der Waals surface area contributed by atoms with Crippen LogP contribution in [-0.4, -0.2) is 22.8 Å².